The molecule has 2 aliphatic rings. The van der Waals surface area contributed by atoms with Gasteiger partial charge in [0.1, 0.15) is 6.61 Å². The number of non-ortho nitro benzene ring substituents is 1. The van der Waals surface area contributed by atoms with Gasteiger partial charge in [-0.3, -0.25) is 15.0 Å². The molecule has 0 spiro atoms. The van der Waals surface area contributed by atoms with Crippen molar-refractivity contribution in [2.45, 2.75) is 44.4 Å². The SMILES string of the molecule is COC(=O)c1cc(C2=CC3CCCC(C2)N3C(=O)OCc2ccccc2)cc([N+](=O)[O-])c1. The molecule has 0 saturated carbocycles. The fourth-order valence-corrected chi connectivity index (χ4v) is 4.46. The average molecular weight is 436 g/mol. The van der Waals surface area contributed by atoms with Crippen molar-refractivity contribution in [3.05, 3.63) is 81.4 Å². The Morgan fingerprint density at radius 2 is 1.94 bits per heavy atom. The number of rotatable bonds is 5. The van der Waals surface area contributed by atoms with Gasteiger partial charge in [-0.2, -0.15) is 0 Å². The standard InChI is InChI=1S/C24H24N2O6/c1-31-23(27)19-10-17(13-22(14-19)26(29)30)18-11-20-8-5-9-21(12-18)25(20)24(28)32-15-16-6-3-2-4-7-16/h2-4,6-7,10-11,13-14,20-21H,5,8-9,12,15H2,1H3. The summed E-state index contributed by atoms with van der Waals surface area (Å²) in [4.78, 5) is 37.5. The minimum absolute atomic E-state index is 0.0575. The van der Waals surface area contributed by atoms with E-state index in [-0.39, 0.29) is 36.0 Å². The van der Waals surface area contributed by atoms with Crippen LogP contribution in [0, 0.1) is 10.1 Å². The predicted octanol–water partition coefficient (Wildman–Crippen LogP) is 4.73. The number of carbonyl (C=O) groups is 2. The third-order valence-corrected chi connectivity index (χ3v) is 5.97. The van der Waals surface area contributed by atoms with Crippen molar-refractivity contribution in [3.8, 4) is 0 Å². The number of hydrogen-bond acceptors (Lipinski definition) is 6. The molecule has 1 saturated heterocycles. The Morgan fingerprint density at radius 3 is 2.62 bits per heavy atom. The number of carbonyl (C=O) groups excluding carboxylic acids is 2. The van der Waals surface area contributed by atoms with E-state index in [1.54, 1.807) is 11.0 Å². The second-order valence-corrected chi connectivity index (χ2v) is 8.01. The number of hydrogen-bond donors (Lipinski definition) is 0. The van der Waals surface area contributed by atoms with Crippen molar-refractivity contribution in [2.24, 2.45) is 0 Å². The summed E-state index contributed by atoms with van der Waals surface area (Å²) in [7, 11) is 1.24. The summed E-state index contributed by atoms with van der Waals surface area (Å²) in [5.74, 6) is -0.627. The summed E-state index contributed by atoms with van der Waals surface area (Å²) in [6, 6.07) is 13.6. The highest BCUT2D eigenvalue weighted by Crippen LogP contribution is 2.38. The molecular weight excluding hydrogens is 412 g/mol. The van der Waals surface area contributed by atoms with Crippen LogP contribution in [-0.4, -0.2) is 41.1 Å². The summed E-state index contributed by atoms with van der Waals surface area (Å²) < 4.78 is 10.3. The molecule has 2 aromatic carbocycles. The van der Waals surface area contributed by atoms with Gasteiger partial charge in [0.15, 0.2) is 0 Å². The lowest BCUT2D eigenvalue weighted by atomic mass is 9.82. The lowest BCUT2D eigenvalue weighted by Gasteiger charge is -2.44. The van der Waals surface area contributed by atoms with Crippen LogP contribution in [0.15, 0.2) is 54.6 Å². The van der Waals surface area contributed by atoms with Crippen molar-refractivity contribution in [1.82, 2.24) is 4.90 Å². The summed E-state index contributed by atoms with van der Waals surface area (Å²) >= 11 is 0. The molecule has 0 aromatic heterocycles. The Balaban J connectivity index is 1.58. The summed E-state index contributed by atoms with van der Waals surface area (Å²) in [5, 5.41) is 11.4. The van der Waals surface area contributed by atoms with E-state index in [1.807, 2.05) is 36.4 Å². The fourth-order valence-electron chi connectivity index (χ4n) is 4.46. The number of piperidine rings is 1. The zero-order valence-electron chi connectivity index (χ0n) is 17.7. The molecule has 8 heteroatoms. The first-order valence-corrected chi connectivity index (χ1v) is 10.5. The lowest BCUT2D eigenvalue weighted by molar-refractivity contribution is -0.384. The van der Waals surface area contributed by atoms with Crippen molar-refractivity contribution in [3.63, 3.8) is 0 Å². The van der Waals surface area contributed by atoms with E-state index in [0.29, 0.717) is 12.0 Å². The normalized spacial score (nSPS) is 19.7. The molecule has 2 bridgehead atoms. The molecule has 2 unspecified atom stereocenters. The van der Waals surface area contributed by atoms with Gasteiger partial charge in [-0.05, 0) is 48.4 Å². The number of fused-ring (bicyclic) bond motifs is 2. The van der Waals surface area contributed by atoms with Crippen LogP contribution in [0.5, 0.6) is 0 Å². The second kappa shape index (κ2) is 9.21. The minimum Gasteiger partial charge on any atom is -0.465 e. The third-order valence-electron chi connectivity index (χ3n) is 5.97. The smallest absolute Gasteiger partial charge is 0.410 e. The number of nitrogens with zero attached hydrogens (tertiary/aromatic N) is 2. The molecule has 2 atom stereocenters. The fraction of sp³-hybridized carbons (Fsp3) is 0.333. The van der Waals surface area contributed by atoms with E-state index in [9.17, 15) is 19.7 Å². The first-order chi connectivity index (χ1) is 15.5. The molecule has 1 fully saturated rings. The monoisotopic (exact) mass is 436 g/mol. The molecule has 0 N–H and O–H groups in total. The highest BCUT2D eigenvalue weighted by atomic mass is 16.6. The number of nitro benzene ring substituents is 1. The van der Waals surface area contributed by atoms with Gasteiger partial charge in [0.2, 0.25) is 0 Å². The first-order valence-electron chi connectivity index (χ1n) is 10.5. The van der Waals surface area contributed by atoms with Crippen LogP contribution in [0.25, 0.3) is 5.57 Å². The number of ether oxygens (including phenoxy) is 2. The average Bonchev–Trinajstić information content (AvgIpc) is 2.81. The van der Waals surface area contributed by atoms with Crippen molar-refractivity contribution in [1.29, 1.82) is 0 Å². The van der Waals surface area contributed by atoms with Gasteiger partial charge in [0, 0.05) is 18.2 Å². The maximum absolute atomic E-state index is 12.9. The van der Waals surface area contributed by atoms with Crippen LogP contribution in [0.1, 0.15) is 47.2 Å². The topological polar surface area (TPSA) is 99.0 Å². The number of nitro groups is 1. The minimum atomic E-state index is -0.627. The van der Waals surface area contributed by atoms with Crippen LogP contribution in [0.2, 0.25) is 0 Å². The van der Waals surface area contributed by atoms with Gasteiger partial charge in [0.05, 0.1) is 23.6 Å². The molecule has 2 aromatic rings. The Labute approximate surface area is 185 Å². The summed E-state index contributed by atoms with van der Waals surface area (Å²) in [5.41, 5.74) is 2.38. The van der Waals surface area contributed by atoms with Gasteiger partial charge >= 0.3 is 12.1 Å². The Morgan fingerprint density at radius 1 is 1.16 bits per heavy atom. The van der Waals surface area contributed by atoms with Gasteiger partial charge < -0.3 is 9.47 Å². The molecule has 2 aliphatic heterocycles. The molecule has 4 rings (SSSR count). The third kappa shape index (κ3) is 4.49. The highest BCUT2D eigenvalue weighted by molar-refractivity contribution is 5.91. The van der Waals surface area contributed by atoms with E-state index >= 15 is 0 Å². The molecule has 32 heavy (non-hydrogen) atoms. The van der Waals surface area contributed by atoms with Crippen LogP contribution in [0.4, 0.5) is 10.5 Å². The van der Waals surface area contributed by atoms with Crippen LogP contribution in [0.3, 0.4) is 0 Å². The lowest BCUT2D eigenvalue weighted by Crippen LogP contribution is -2.51. The van der Waals surface area contributed by atoms with Gasteiger partial charge in [-0.25, -0.2) is 9.59 Å². The van der Waals surface area contributed by atoms with E-state index in [1.165, 1.54) is 19.2 Å². The van der Waals surface area contributed by atoms with Crippen molar-refractivity contribution >= 4 is 23.3 Å². The molecule has 1 amide bonds. The zero-order chi connectivity index (χ0) is 22.7. The Hall–Kier alpha value is -3.68. The predicted molar refractivity (Wildman–Crippen MR) is 117 cm³/mol. The Kier molecular flexibility index (Phi) is 6.20. The molecule has 8 nitrogen and oxygen atoms in total. The zero-order valence-corrected chi connectivity index (χ0v) is 17.7. The number of benzene rings is 2. The number of esters is 1. The molecule has 2 heterocycles. The summed E-state index contributed by atoms with van der Waals surface area (Å²) in [6.45, 7) is 0.208. The molecule has 0 radical (unpaired) electrons. The van der Waals surface area contributed by atoms with Crippen molar-refractivity contribution < 1.29 is 24.0 Å². The van der Waals surface area contributed by atoms with Crippen molar-refractivity contribution in [2.75, 3.05) is 7.11 Å². The van der Waals surface area contributed by atoms with E-state index in [4.69, 9.17) is 9.47 Å². The number of methoxy groups -OCH3 is 1. The molecule has 166 valence electrons. The quantitative estimate of drug-likeness (QED) is 0.382. The van der Waals surface area contributed by atoms with Gasteiger partial charge in [-0.15, -0.1) is 0 Å². The van der Waals surface area contributed by atoms with Crippen LogP contribution in [-0.2, 0) is 16.1 Å². The summed E-state index contributed by atoms with van der Waals surface area (Å²) in [6.07, 6.45) is 4.77. The van der Waals surface area contributed by atoms with Gasteiger partial charge in [-0.1, -0.05) is 36.4 Å². The number of amides is 1. The largest absolute Gasteiger partial charge is 0.465 e. The molecular formula is C24H24N2O6. The Bertz CT molecular complexity index is 1070. The van der Waals surface area contributed by atoms with Crippen LogP contribution < -0.4 is 0 Å². The molecule has 0 aliphatic carbocycles. The maximum Gasteiger partial charge on any atom is 0.410 e. The van der Waals surface area contributed by atoms with E-state index < -0.39 is 10.9 Å². The maximum atomic E-state index is 12.9. The van der Waals surface area contributed by atoms with E-state index in [0.717, 1.165) is 30.4 Å². The second-order valence-electron chi connectivity index (χ2n) is 8.01. The van der Waals surface area contributed by atoms with E-state index in [2.05, 4.69) is 0 Å². The van der Waals surface area contributed by atoms with Crippen LogP contribution >= 0.6 is 0 Å². The van der Waals surface area contributed by atoms with Gasteiger partial charge in [0.25, 0.3) is 5.69 Å². The highest BCUT2D eigenvalue weighted by Gasteiger charge is 2.38. The first kappa shape index (κ1) is 21.5.